The number of fused-ring (bicyclic) bond motifs is 1. The minimum Gasteiger partial charge on any atom is -0.490 e. The van der Waals surface area contributed by atoms with E-state index >= 15 is 0 Å². The van der Waals surface area contributed by atoms with E-state index in [0.717, 1.165) is 11.1 Å². The van der Waals surface area contributed by atoms with E-state index in [4.69, 9.17) is 14.7 Å². The number of aryl methyl sites for hydroxylation is 1. The van der Waals surface area contributed by atoms with Crippen molar-refractivity contribution in [3.8, 4) is 17.6 Å². The van der Waals surface area contributed by atoms with Crippen molar-refractivity contribution >= 4 is 11.6 Å². The molecule has 2 aromatic rings. The maximum atomic E-state index is 12.3. The van der Waals surface area contributed by atoms with Gasteiger partial charge >= 0.3 is 0 Å². The lowest BCUT2D eigenvalue weighted by Crippen LogP contribution is -2.32. The van der Waals surface area contributed by atoms with Gasteiger partial charge in [0.2, 0.25) is 5.91 Å². The molecule has 0 atom stereocenters. The maximum Gasteiger partial charge on any atom is 0.285 e. The Hall–Kier alpha value is -3.34. The minimum atomic E-state index is -0.579. The molecule has 0 saturated carbocycles. The Kier molecular flexibility index (Phi) is 4.89. The molecule has 1 aromatic heterocycles. The molecule has 1 amide bonds. The van der Waals surface area contributed by atoms with Gasteiger partial charge in [0.1, 0.15) is 18.2 Å². The number of carbonyl (C=O) groups is 1. The van der Waals surface area contributed by atoms with Crippen molar-refractivity contribution in [1.29, 1.82) is 5.26 Å². The highest BCUT2D eigenvalue weighted by Gasteiger charge is 2.15. The molecule has 0 bridgehead atoms. The van der Waals surface area contributed by atoms with Gasteiger partial charge in [-0.1, -0.05) is 0 Å². The van der Waals surface area contributed by atoms with Crippen LogP contribution >= 0.6 is 0 Å². The molecule has 8 heteroatoms. The van der Waals surface area contributed by atoms with Gasteiger partial charge in [-0.25, -0.2) is 4.68 Å². The number of nitrogens with one attached hydrogen (secondary N) is 1. The van der Waals surface area contributed by atoms with Gasteiger partial charge in [-0.3, -0.25) is 9.59 Å². The molecule has 0 unspecified atom stereocenters. The van der Waals surface area contributed by atoms with Crippen molar-refractivity contribution in [2.45, 2.75) is 26.8 Å². The van der Waals surface area contributed by atoms with Crippen LogP contribution in [0.4, 0.5) is 5.69 Å². The number of anilines is 1. The number of amides is 1. The van der Waals surface area contributed by atoms with Gasteiger partial charge in [-0.2, -0.15) is 10.4 Å². The average Bonchev–Trinajstić information content (AvgIpc) is 2.85. The Labute approximate surface area is 150 Å². The molecule has 1 aromatic carbocycles. The molecule has 0 aliphatic carbocycles. The van der Waals surface area contributed by atoms with Crippen LogP contribution in [0, 0.1) is 25.2 Å². The Morgan fingerprint density at radius 1 is 1.31 bits per heavy atom. The number of ether oxygens (including phenoxy) is 2. The van der Waals surface area contributed by atoms with E-state index in [9.17, 15) is 9.59 Å². The Morgan fingerprint density at radius 3 is 2.77 bits per heavy atom. The second-order valence-electron chi connectivity index (χ2n) is 5.92. The molecule has 8 nitrogen and oxygen atoms in total. The number of nitriles is 1. The summed E-state index contributed by atoms with van der Waals surface area (Å²) >= 11 is 0. The summed E-state index contributed by atoms with van der Waals surface area (Å²) in [5.74, 6) is 0.765. The first-order valence-electron chi connectivity index (χ1n) is 8.17. The number of rotatable bonds is 3. The lowest BCUT2D eigenvalue weighted by molar-refractivity contribution is -0.117. The third kappa shape index (κ3) is 3.52. The van der Waals surface area contributed by atoms with Crippen LogP contribution in [0.3, 0.4) is 0 Å². The normalized spacial score (nSPS) is 12.8. The molecule has 3 rings (SSSR count). The van der Waals surface area contributed by atoms with Gasteiger partial charge in [-0.15, -0.1) is 0 Å². The highest BCUT2D eigenvalue weighted by atomic mass is 16.5. The molecule has 1 N–H and O–H groups in total. The molecule has 2 heterocycles. The van der Waals surface area contributed by atoms with Crippen molar-refractivity contribution in [2.75, 3.05) is 18.5 Å². The van der Waals surface area contributed by atoms with E-state index in [-0.39, 0.29) is 12.1 Å². The van der Waals surface area contributed by atoms with Crippen LogP contribution in [0.25, 0.3) is 0 Å². The molecule has 0 fully saturated rings. The third-order valence-corrected chi connectivity index (χ3v) is 4.07. The van der Waals surface area contributed by atoms with Gasteiger partial charge in [0, 0.05) is 18.2 Å². The van der Waals surface area contributed by atoms with Gasteiger partial charge in [0.15, 0.2) is 11.5 Å². The number of carbonyl (C=O) groups excluding carboxylic acids is 1. The van der Waals surface area contributed by atoms with Crippen molar-refractivity contribution in [3.63, 3.8) is 0 Å². The first kappa shape index (κ1) is 17.5. The van der Waals surface area contributed by atoms with E-state index in [1.807, 2.05) is 6.07 Å². The second kappa shape index (κ2) is 7.27. The number of hydrogen-bond donors (Lipinski definition) is 1. The van der Waals surface area contributed by atoms with E-state index in [1.165, 1.54) is 0 Å². The van der Waals surface area contributed by atoms with Crippen LogP contribution in [0.15, 0.2) is 23.0 Å². The quantitative estimate of drug-likeness (QED) is 0.896. The van der Waals surface area contributed by atoms with E-state index < -0.39 is 11.5 Å². The van der Waals surface area contributed by atoms with Gasteiger partial charge in [-0.05, 0) is 31.5 Å². The Morgan fingerprint density at radius 2 is 2.04 bits per heavy atom. The Balaban J connectivity index is 1.78. The minimum absolute atomic E-state index is 0.000814. The fourth-order valence-electron chi connectivity index (χ4n) is 2.59. The van der Waals surface area contributed by atoms with Crippen LogP contribution in [-0.2, 0) is 11.3 Å². The number of hydrogen-bond acceptors (Lipinski definition) is 6. The molecule has 1 aliphatic rings. The van der Waals surface area contributed by atoms with Gasteiger partial charge < -0.3 is 14.8 Å². The summed E-state index contributed by atoms with van der Waals surface area (Å²) in [4.78, 5) is 24.6. The predicted octanol–water partition coefficient (Wildman–Crippen LogP) is 1.53. The van der Waals surface area contributed by atoms with Gasteiger partial charge in [0.05, 0.1) is 18.9 Å². The van der Waals surface area contributed by atoms with E-state index in [2.05, 4.69) is 10.4 Å². The fraction of sp³-hybridized carbons (Fsp3) is 0.333. The predicted molar refractivity (Wildman–Crippen MR) is 93.4 cm³/mol. The fourth-order valence-corrected chi connectivity index (χ4v) is 2.59. The summed E-state index contributed by atoms with van der Waals surface area (Å²) in [7, 11) is 0. The zero-order valence-electron chi connectivity index (χ0n) is 14.5. The zero-order chi connectivity index (χ0) is 18.7. The summed E-state index contributed by atoms with van der Waals surface area (Å²) in [6, 6.07) is 6.97. The zero-order valence-corrected chi connectivity index (χ0v) is 14.5. The standard InChI is InChI=1S/C18H18N4O4/c1-11-12(2)21-22(18(24)14(11)9-19)10-17(23)20-13-4-5-15-16(8-13)26-7-3-6-25-15/h4-5,8H,3,6-7,10H2,1-2H3,(H,20,23). The van der Waals surface area contributed by atoms with E-state index in [1.54, 1.807) is 32.0 Å². The van der Waals surface area contributed by atoms with Crippen LogP contribution in [0.5, 0.6) is 11.5 Å². The van der Waals surface area contributed by atoms with Crippen LogP contribution < -0.4 is 20.3 Å². The first-order chi connectivity index (χ1) is 12.5. The Bertz CT molecular complexity index is 959. The van der Waals surface area contributed by atoms with Crippen molar-refractivity contribution in [1.82, 2.24) is 9.78 Å². The lowest BCUT2D eigenvalue weighted by atomic mass is 10.1. The highest BCUT2D eigenvalue weighted by molar-refractivity contribution is 5.90. The summed E-state index contributed by atoms with van der Waals surface area (Å²) in [6.45, 7) is 4.19. The molecule has 134 valence electrons. The van der Waals surface area contributed by atoms with Crippen LogP contribution in [-0.4, -0.2) is 28.9 Å². The summed E-state index contributed by atoms with van der Waals surface area (Å²) in [6.07, 6.45) is 0.791. The first-order valence-corrected chi connectivity index (χ1v) is 8.17. The third-order valence-electron chi connectivity index (χ3n) is 4.07. The number of aromatic nitrogens is 2. The van der Waals surface area contributed by atoms with Crippen LogP contribution in [0.2, 0.25) is 0 Å². The smallest absolute Gasteiger partial charge is 0.285 e. The van der Waals surface area contributed by atoms with Crippen LogP contribution in [0.1, 0.15) is 23.2 Å². The van der Waals surface area contributed by atoms with Crippen molar-refractivity contribution in [2.24, 2.45) is 0 Å². The molecule has 0 saturated heterocycles. The molecule has 0 spiro atoms. The number of benzene rings is 1. The monoisotopic (exact) mass is 354 g/mol. The van der Waals surface area contributed by atoms with Gasteiger partial charge in [0.25, 0.3) is 5.56 Å². The molecule has 26 heavy (non-hydrogen) atoms. The van der Waals surface area contributed by atoms with E-state index in [0.29, 0.717) is 41.7 Å². The largest absolute Gasteiger partial charge is 0.490 e. The number of nitrogens with zero attached hydrogens (tertiary/aromatic N) is 3. The molecular formula is C18H18N4O4. The maximum absolute atomic E-state index is 12.3. The summed E-state index contributed by atoms with van der Waals surface area (Å²) < 4.78 is 12.1. The topological polar surface area (TPSA) is 106 Å². The summed E-state index contributed by atoms with van der Waals surface area (Å²) in [5, 5.41) is 15.9. The second-order valence-corrected chi connectivity index (χ2v) is 5.92. The molecule has 0 radical (unpaired) electrons. The summed E-state index contributed by atoms with van der Waals surface area (Å²) in [5.41, 5.74) is 1.00. The molecule has 1 aliphatic heterocycles. The highest BCUT2D eigenvalue weighted by Crippen LogP contribution is 2.32. The lowest BCUT2D eigenvalue weighted by Gasteiger charge is -2.11. The average molecular weight is 354 g/mol. The van der Waals surface area contributed by atoms with Crippen molar-refractivity contribution in [3.05, 3.63) is 45.4 Å². The SMILES string of the molecule is Cc1nn(CC(=O)Nc2ccc3c(c2)OCCCO3)c(=O)c(C#N)c1C. The van der Waals surface area contributed by atoms with Crippen molar-refractivity contribution < 1.29 is 14.3 Å². The molecular weight excluding hydrogens is 336 g/mol.